The van der Waals surface area contributed by atoms with Gasteiger partial charge in [0.05, 0.1) is 13.2 Å². The van der Waals surface area contributed by atoms with Crippen molar-refractivity contribution in [2.24, 2.45) is 0 Å². The molecule has 1 unspecified atom stereocenters. The fraction of sp³-hybridized carbons (Fsp3) is 0.417. The molecule has 1 N–H and O–H groups in total. The highest BCUT2D eigenvalue weighted by Gasteiger charge is 2.27. The molecule has 2 rings (SSSR count). The van der Waals surface area contributed by atoms with Crippen LogP contribution in [0.3, 0.4) is 0 Å². The molecule has 7 heteroatoms. The monoisotopic (exact) mass is 261 g/mol. The van der Waals surface area contributed by atoms with Crippen LogP contribution in [0.15, 0.2) is 24.5 Å². The van der Waals surface area contributed by atoms with E-state index in [4.69, 9.17) is 4.74 Å². The Balaban J connectivity index is 2.17. The van der Waals surface area contributed by atoms with Crippen LogP contribution in [0.5, 0.6) is 0 Å². The zero-order chi connectivity index (χ0) is 13.7. The van der Waals surface area contributed by atoms with Gasteiger partial charge < -0.3 is 15.0 Å². The highest BCUT2D eigenvalue weighted by Crippen LogP contribution is 2.15. The van der Waals surface area contributed by atoms with E-state index in [9.17, 15) is 9.59 Å². The topological polar surface area (TPSA) is 71.5 Å². The summed E-state index contributed by atoms with van der Waals surface area (Å²) >= 11 is 0. The average Bonchev–Trinajstić information content (AvgIpc) is 2.46. The van der Waals surface area contributed by atoms with Gasteiger partial charge in [-0.25, -0.2) is 0 Å². The summed E-state index contributed by atoms with van der Waals surface area (Å²) in [6.07, 6.45) is 3.23. The van der Waals surface area contributed by atoms with Gasteiger partial charge in [-0.05, 0) is 6.07 Å². The first kappa shape index (κ1) is 13.5. The third-order valence-electron chi connectivity index (χ3n) is 2.94. The van der Waals surface area contributed by atoms with Crippen LogP contribution in [0, 0.1) is 0 Å². The lowest BCUT2D eigenvalue weighted by Crippen LogP contribution is -2.47. The van der Waals surface area contributed by atoms with E-state index in [-0.39, 0.29) is 11.7 Å². The predicted molar refractivity (Wildman–Crippen MR) is 71.5 cm³/mol. The lowest BCUT2D eigenvalue weighted by Gasteiger charge is -2.30. The molecule has 1 aliphatic heterocycles. The molecular formula is C12H16BN3O3. The maximum absolute atomic E-state index is 12.5. The van der Waals surface area contributed by atoms with Gasteiger partial charge in [0.1, 0.15) is 6.04 Å². The summed E-state index contributed by atoms with van der Waals surface area (Å²) < 4.78 is 5.22. The molecule has 0 bridgehead atoms. The maximum Gasteiger partial charge on any atom is 0.249 e. The number of ether oxygens (including phenoxy) is 1. The van der Waals surface area contributed by atoms with E-state index in [0.29, 0.717) is 31.9 Å². The molecule has 1 aromatic rings. The molecule has 19 heavy (non-hydrogen) atoms. The van der Waals surface area contributed by atoms with E-state index in [1.807, 2.05) is 0 Å². The van der Waals surface area contributed by atoms with Crippen LogP contribution < -0.4 is 5.32 Å². The molecule has 0 radical (unpaired) electrons. The Kier molecular flexibility index (Phi) is 4.51. The van der Waals surface area contributed by atoms with Gasteiger partial charge in [-0.15, -0.1) is 0 Å². The minimum Gasteiger partial charge on any atom is -0.378 e. The van der Waals surface area contributed by atoms with Crippen LogP contribution in [0.4, 0.5) is 4.79 Å². The van der Waals surface area contributed by atoms with E-state index in [0.717, 1.165) is 0 Å². The normalized spacial score (nSPS) is 16.7. The van der Waals surface area contributed by atoms with E-state index in [1.54, 1.807) is 29.4 Å². The fourth-order valence-corrected chi connectivity index (χ4v) is 2.00. The Morgan fingerprint density at radius 1 is 1.42 bits per heavy atom. The number of morpholine rings is 1. The van der Waals surface area contributed by atoms with Gasteiger partial charge in [0.15, 0.2) is 5.81 Å². The first-order chi connectivity index (χ1) is 9.18. The standard InChI is InChI=1S/C12H16BN3O3/c13-12(18)15-10(9-2-1-3-14-8-9)11(17)16-4-6-19-7-5-16/h1-3,8,10H,4-7,13H2,(H,15,18). The summed E-state index contributed by atoms with van der Waals surface area (Å²) in [4.78, 5) is 29.4. The zero-order valence-corrected chi connectivity index (χ0v) is 10.8. The van der Waals surface area contributed by atoms with Crippen molar-refractivity contribution < 1.29 is 14.3 Å². The van der Waals surface area contributed by atoms with Gasteiger partial charge in [-0.2, -0.15) is 0 Å². The molecule has 1 saturated heterocycles. The molecule has 100 valence electrons. The Bertz CT molecular complexity index is 449. The van der Waals surface area contributed by atoms with Crippen LogP contribution >= 0.6 is 0 Å². The second-order valence-electron chi connectivity index (χ2n) is 4.36. The third-order valence-corrected chi connectivity index (χ3v) is 2.94. The summed E-state index contributed by atoms with van der Waals surface area (Å²) in [5.74, 6) is -0.359. The van der Waals surface area contributed by atoms with Gasteiger partial charge in [0.25, 0.3) is 0 Å². The highest BCUT2D eigenvalue weighted by molar-refractivity contribution is 6.57. The number of rotatable bonds is 3. The van der Waals surface area contributed by atoms with Gasteiger partial charge in [-0.3, -0.25) is 14.6 Å². The Labute approximate surface area is 112 Å². The van der Waals surface area contributed by atoms with E-state index in [2.05, 4.69) is 10.3 Å². The highest BCUT2D eigenvalue weighted by atomic mass is 16.5. The minimum atomic E-state index is -0.677. The molecule has 0 aliphatic carbocycles. The maximum atomic E-state index is 12.5. The quantitative estimate of drug-likeness (QED) is 0.732. The molecule has 1 aliphatic rings. The van der Waals surface area contributed by atoms with Crippen molar-refractivity contribution in [1.29, 1.82) is 0 Å². The molecular weight excluding hydrogens is 245 g/mol. The second-order valence-corrected chi connectivity index (χ2v) is 4.36. The van der Waals surface area contributed by atoms with E-state index in [1.165, 1.54) is 7.85 Å². The average molecular weight is 261 g/mol. The van der Waals surface area contributed by atoms with Crippen LogP contribution in [-0.4, -0.2) is 55.7 Å². The number of pyridine rings is 1. The van der Waals surface area contributed by atoms with Gasteiger partial charge >= 0.3 is 0 Å². The SMILES string of the molecule is BC(=O)NC(C(=O)N1CCOCC1)c1cccnc1. The van der Waals surface area contributed by atoms with Crippen LogP contribution in [0.1, 0.15) is 11.6 Å². The fourth-order valence-electron chi connectivity index (χ4n) is 2.00. The molecule has 0 spiro atoms. The third kappa shape index (κ3) is 3.54. The summed E-state index contributed by atoms with van der Waals surface area (Å²) in [5, 5.41) is 2.68. The zero-order valence-electron chi connectivity index (χ0n) is 10.8. The first-order valence-electron chi connectivity index (χ1n) is 6.22. The molecule has 1 fully saturated rings. The van der Waals surface area contributed by atoms with Crippen molar-refractivity contribution >= 4 is 19.6 Å². The van der Waals surface area contributed by atoms with Crippen molar-refractivity contribution in [2.75, 3.05) is 26.3 Å². The Morgan fingerprint density at radius 3 is 2.74 bits per heavy atom. The van der Waals surface area contributed by atoms with E-state index >= 15 is 0 Å². The number of carbonyl (C=O) groups excluding carboxylic acids is 2. The largest absolute Gasteiger partial charge is 0.378 e. The van der Waals surface area contributed by atoms with Gasteiger partial charge in [0.2, 0.25) is 13.8 Å². The molecule has 0 aromatic carbocycles. The Hall–Kier alpha value is -1.89. The number of hydrogen-bond acceptors (Lipinski definition) is 4. The van der Waals surface area contributed by atoms with Crippen molar-refractivity contribution in [3.05, 3.63) is 30.1 Å². The van der Waals surface area contributed by atoms with Gasteiger partial charge in [-0.1, -0.05) is 6.07 Å². The Morgan fingerprint density at radius 2 is 2.16 bits per heavy atom. The predicted octanol–water partition coefficient (Wildman–Crippen LogP) is -0.676. The molecule has 6 nitrogen and oxygen atoms in total. The van der Waals surface area contributed by atoms with Crippen molar-refractivity contribution in [1.82, 2.24) is 15.2 Å². The number of amides is 2. The summed E-state index contributed by atoms with van der Waals surface area (Å²) in [5.41, 5.74) is 0.689. The van der Waals surface area contributed by atoms with Crippen molar-refractivity contribution in [3.8, 4) is 0 Å². The summed E-state index contributed by atoms with van der Waals surface area (Å²) in [7, 11) is 1.40. The van der Waals surface area contributed by atoms with Gasteiger partial charge in [0, 0.05) is 31.0 Å². The second kappa shape index (κ2) is 6.33. The lowest BCUT2D eigenvalue weighted by atomic mass is 10.0. The van der Waals surface area contributed by atoms with E-state index < -0.39 is 6.04 Å². The minimum absolute atomic E-state index is 0.119. The summed E-state index contributed by atoms with van der Waals surface area (Å²) in [6.45, 7) is 2.17. The lowest BCUT2D eigenvalue weighted by molar-refractivity contribution is -0.137. The van der Waals surface area contributed by atoms with Crippen LogP contribution in [0.25, 0.3) is 0 Å². The smallest absolute Gasteiger partial charge is 0.249 e. The van der Waals surface area contributed by atoms with Crippen molar-refractivity contribution in [2.45, 2.75) is 6.04 Å². The molecule has 1 atom stereocenters. The molecule has 0 saturated carbocycles. The number of carbonyl (C=O) groups is 2. The number of aromatic nitrogens is 1. The number of nitrogens with one attached hydrogen (secondary N) is 1. The first-order valence-corrected chi connectivity index (χ1v) is 6.22. The number of nitrogens with zero attached hydrogens (tertiary/aromatic N) is 2. The molecule has 2 amide bonds. The van der Waals surface area contributed by atoms with Crippen LogP contribution in [0.2, 0.25) is 0 Å². The molecule has 1 aromatic heterocycles. The number of hydrogen-bond donors (Lipinski definition) is 1. The van der Waals surface area contributed by atoms with Crippen molar-refractivity contribution in [3.63, 3.8) is 0 Å². The molecule has 2 heterocycles. The summed E-state index contributed by atoms with van der Waals surface area (Å²) in [6, 6.07) is 2.85. The van der Waals surface area contributed by atoms with Crippen LogP contribution in [-0.2, 0) is 9.53 Å².